The summed E-state index contributed by atoms with van der Waals surface area (Å²) in [4.78, 5) is 0. The van der Waals surface area contributed by atoms with Crippen LogP contribution in [-0.4, -0.2) is 12.6 Å². The summed E-state index contributed by atoms with van der Waals surface area (Å²) in [5, 5.41) is 3.74. The van der Waals surface area contributed by atoms with Gasteiger partial charge in [-0.15, -0.1) is 6.58 Å². The summed E-state index contributed by atoms with van der Waals surface area (Å²) in [6.07, 6.45) is 13.3. The van der Waals surface area contributed by atoms with Crippen molar-refractivity contribution in [2.45, 2.75) is 64.3 Å². The van der Waals surface area contributed by atoms with Crippen molar-refractivity contribution in [2.24, 2.45) is 17.8 Å². The topological polar surface area (TPSA) is 12.0 Å². The quantitative estimate of drug-likeness (QED) is 0.623. The Hall–Kier alpha value is -0.300. The summed E-state index contributed by atoms with van der Waals surface area (Å²) < 4.78 is 0. The first kappa shape index (κ1) is 13.1. The Kier molecular flexibility index (Phi) is 5.09. The van der Waals surface area contributed by atoms with Gasteiger partial charge in [0.05, 0.1) is 0 Å². The Morgan fingerprint density at radius 1 is 1.35 bits per heavy atom. The number of rotatable bonds is 8. The molecule has 1 heteroatoms. The Labute approximate surface area is 107 Å². The molecule has 0 aromatic heterocycles. The van der Waals surface area contributed by atoms with Crippen LogP contribution in [0.15, 0.2) is 12.7 Å². The lowest BCUT2D eigenvalue weighted by atomic mass is 9.83. The van der Waals surface area contributed by atoms with Crippen LogP contribution in [-0.2, 0) is 0 Å². The first-order valence-electron chi connectivity index (χ1n) is 7.67. The second-order valence-electron chi connectivity index (χ2n) is 6.19. The van der Waals surface area contributed by atoms with Gasteiger partial charge in [0, 0.05) is 6.04 Å². The van der Waals surface area contributed by atoms with Crippen LogP contribution >= 0.6 is 0 Å². The van der Waals surface area contributed by atoms with E-state index in [1.54, 1.807) is 6.42 Å². The third-order valence-electron chi connectivity index (χ3n) is 4.87. The molecule has 0 amide bonds. The summed E-state index contributed by atoms with van der Waals surface area (Å²) in [6.45, 7) is 7.30. The van der Waals surface area contributed by atoms with Crippen LogP contribution in [0.25, 0.3) is 0 Å². The molecule has 4 atom stereocenters. The molecule has 2 bridgehead atoms. The average molecular weight is 235 g/mol. The predicted molar refractivity (Wildman–Crippen MR) is 75.1 cm³/mol. The molecule has 0 saturated heterocycles. The fourth-order valence-corrected chi connectivity index (χ4v) is 4.00. The van der Waals surface area contributed by atoms with E-state index >= 15 is 0 Å². The van der Waals surface area contributed by atoms with E-state index in [0.29, 0.717) is 0 Å². The molecule has 2 saturated carbocycles. The van der Waals surface area contributed by atoms with Crippen LogP contribution in [0.2, 0.25) is 0 Å². The van der Waals surface area contributed by atoms with E-state index < -0.39 is 0 Å². The molecule has 2 fully saturated rings. The Balaban J connectivity index is 1.77. The molecule has 4 unspecified atom stereocenters. The standard InChI is InChI=1S/C16H29N/c1-3-5-6-16(17-9-4-2)12-15-11-13-7-8-14(15)10-13/h3,13-17H,1,4-12H2,2H3. The summed E-state index contributed by atoms with van der Waals surface area (Å²) in [7, 11) is 0. The first-order valence-corrected chi connectivity index (χ1v) is 7.67. The van der Waals surface area contributed by atoms with Gasteiger partial charge in [0.25, 0.3) is 0 Å². The fourth-order valence-electron chi connectivity index (χ4n) is 4.00. The average Bonchev–Trinajstić information content (AvgIpc) is 2.94. The van der Waals surface area contributed by atoms with Crippen LogP contribution in [0.3, 0.4) is 0 Å². The normalized spacial score (nSPS) is 32.9. The second kappa shape index (κ2) is 6.58. The molecule has 2 rings (SSSR count). The summed E-state index contributed by atoms with van der Waals surface area (Å²) >= 11 is 0. The van der Waals surface area contributed by atoms with Crippen molar-refractivity contribution >= 4 is 0 Å². The number of hydrogen-bond donors (Lipinski definition) is 1. The lowest BCUT2D eigenvalue weighted by molar-refractivity contribution is 0.272. The largest absolute Gasteiger partial charge is 0.314 e. The molecule has 0 radical (unpaired) electrons. The van der Waals surface area contributed by atoms with E-state index in [4.69, 9.17) is 0 Å². The molecule has 1 N–H and O–H groups in total. The number of hydrogen-bond acceptors (Lipinski definition) is 1. The van der Waals surface area contributed by atoms with Crippen LogP contribution in [0.4, 0.5) is 0 Å². The minimum absolute atomic E-state index is 0.747. The van der Waals surface area contributed by atoms with Crippen molar-refractivity contribution in [1.82, 2.24) is 5.32 Å². The molecule has 2 aliphatic carbocycles. The molecule has 0 spiro atoms. The van der Waals surface area contributed by atoms with E-state index in [0.717, 1.165) is 23.8 Å². The number of allylic oxidation sites excluding steroid dienone is 1. The predicted octanol–water partition coefficient (Wildman–Crippen LogP) is 4.15. The van der Waals surface area contributed by atoms with E-state index in [-0.39, 0.29) is 0 Å². The van der Waals surface area contributed by atoms with Crippen molar-refractivity contribution in [3.05, 3.63) is 12.7 Å². The molecule has 0 aromatic carbocycles. The molecular formula is C16H29N. The number of nitrogens with one attached hydrogen (secondary N) is 1. The van der Waals surface area contributed by atoms with Crippen molar-refractivity contribution in [3.63, 3.8) is 0 Å². The second-order valence-corrected chi connectivity index (χ2v) is 6.19. The van der Waals surface area contributed by atoms with Gasteiger partial charge in [-0.25, -0.2) is 0 Å². The van der Waals surface area contributed by atoms with E-state index in [1.165, 1.54) is 51.5 Å². The molecule has 0 aliphatic heterocycles. The molecule has 17 heavy (non-hydrogen) atoms. The lowest BCUT2D eigenvalue weighted by Crippen LogP contribution is -2.33. The van der Waals surface area contributed by atoms with E-state index in [1.807, 2.05) is 0 Å². The molecule has 98 valence electrons. The zero-order valence-electron chi connectivity index (χ0n) is 11.5. The zero-order chi connectivity index (χ0) is 12.1. The minimum atomic E-state index is 0.747. The maximum absolute atomic E-state index is 3.86. The highest BCUT2D eigenvalue weighted by atomic mass is 14.9. The van der Waals surface area contributed by atoms with Crippen molar-refractivity contribution in [1.29, 1.82) is 0 Å². The highest BCUT2D eigenvalue weighted by molar-refractivity contribution is 4.92. The smallest absolute Gasteiger partial charge is 0.00727 e. The molecule has 0 heterocycles. The maximum Gasteiger partial charge on any atom is 0.00727 e. The van der Waals surface area contributed by atoms with Crippen LogP contribution in [0, 0.1) is 17.8 Å². The fraction of sp³-hybridized carbons (Fsp3) is 0.875. The first-order chi connectivity index (χ1) is 8.33. The van der Waals surface area contributed by atoms with Gasteiger partial charge in [-0.3, -0.25) is 0 Å². The Bertz CT molecular complexity index is 236. The number of fused-ring (bicyclic) bond motifs is 2. The highest BCUT2D eigenvalue weighted by Crippen LogP contribution is 2.50. The Morgan fingerprint density at radius 3 is 2.82 bits per heavy atom. The molecule has 1 nitrogen and oxygen atoms in total. The lowest BCUT2D eigenvalue weighted by Gasteiger charge is -2.27. The summed E-state index contributed by atoms with van der Waals surface area (Å²) in [5.41, 5.74) is 0. The zero-order valence-corrected chi connectivity index (χ0v) is 11.5. The van der Waals surface area contributed by atoms with Gasteiger partial charge in [0.1, 0.15) is 0 Å². The SMILES string of the molecule is C=CCCC(CC1CC2CCC1C2)NCCC. The monoisotopic (exact) mass is 235 g/mol. The Morgan fingerprint density at radius 2 is 2.24 bits per heavy atom. The van der Waals surface area contributed by atoms with Gasteiger partial charge < -0.3 is 5.32 Å². The van der Waals surface area contributed by atoms with Crippen LogP contribution < -0.4 is 5.32 Å². The van der Waals surface area contributed by atoms with Crippen molar-refractivity contribution < 1.29 is 0 Å². The molecule has 0 aromatic rings. The van der Waals surface area contributed by atoms with Gasteiger partial charge in [-0.2, -0.15) is 0 Å². The molecular weight excluding hydrogens is 206 g/mol. The van der Waals surface area contributed by atoms with E-state index in [9.17, 15) is 0 Å². The van der Waals surface area contributed by atoms with Gasteiger partial charge in [-0.1, -0.05) is 19.4 Å². The van der Waals surface area contributed by atoms with Gasteiger partial charge in [-0.05, 0) is 69.2 Å². The van der Waals surface area contributed by atoms with Gasteiger partial charge >= 0.3 is 0 Å². The van der Waals surface area contributed by atoms with Crippen LogP contribution in [0.5, 0.6) is 0 Å². The van der Waals surface area contributed by atoms with E-state index in [2.05, 4.69) is 24.9 Å². The highest BCUT2D eigenvalue weighted by Gasteiger charge is 2.39. The third-order valence-corrected chi connectivity index (χ3v) is 4.87. The summed E-state index contributed by atoms with van der Waals surface area (Å²) in [6, 6.07) is 0.747. The third kappa shape index (κ3) is 3.58. The van der Waals surface area contributed by atoms with Crippen LogP contribution in [0.1, 0.15) is 58.3 Å². The van der Waals surface area contributed by atoms with Crippen molar-refractivity contribution in [2.75, 3.05) is 6.54 Å². The minimum Gasteiger partial charge on any atom is -0.314 e. The maximum atomic E-state index is 3.86. The molecule has 2 aliphatic rings. The van der Waals surface area contributed by atoms with Gasteiger partial charge in [0.15, 0.2) is 0 Å². The van der Waals surface area contributed by atoms with Crippen molar-refractivity contribution in [3.8, 4) is 0 Å². The summed E-state index contributed by atoms with van der Waals surface area (Å²) in [5.74, 6) is 3.21. The van der Waals surface area contributed by atoms with Gasteiger partial charge in [0.2, 0.25) is 0 Å².